The van der Waals surface area contributed by atoms with E-state index in [1.54, 1.807) is 30.3 Å². The third kappa shape index (κ3) is 3.44. The number of hydrogen-bond donors (Lipinski definition) is 0. The molecule has 1 aliphatic rings. The fourth-order valence-corrected chi connectivity index (χ4v) is 2.88. The van der Waals surface area contributed by atoms with Crippen LogP contribution in [0.25, 0.3) is 5.69 Å². The summed E-state index contributed by atoms with van der Waals surface area (Å²) in [5.74, 6) is 0.734. The molecular formula is C20H20N4O2. The Kier molecular flexibility index (Phi) is 4.39. The van der Waals surface area contributed by atoms with Gasteiger partial charge in [0.2, 0.25) is 0 Å². The van der Waals surface area contributed by atoms with Gasteiger partial charge < -0.3 is 9.64 Å². The fraction of sp³-hybridized carbons (Fsp3) is 0.250. The maximum atomic E-state index is 13.0. The Morgan fingerprint density at radius 2 is 2.00 bits per heavy atom. The van der Waals surface area contributed by atoms with E-state index >= 15 is 0 Å². The fourth-order valence-electron chi connectivity index (χ4n) is 2.88. The largest absolute Gasteiger partial charge is 0.497 e. The molecule has 1 aromatic carbocycles. The number of carbonyl (C=O) groups is 1. The summed E-state index contributed by atoms with van der Waals surface area (Å²) in [6.07, 6.45) is 5.64. The number of carbonyl (C=O) groups excluding carboxylic acids is 1. The molecule has 0 saturated heterocycles. The van der Waals surface area contributed by atoms with E-state index in [2.05, 4.69) is 10.1 Å². The minimum Gasteiger partial charge on any atom is -0.497 e. The van der Waals surface area contributed by atoms with E-state index < -0.39 is 0 Å². The molecule has 132 valence electrons. The first-order chi connectivity index (χ1) is 12.7. The van der Waals surface area contributed by atoms with Gasteiger partial charge in [0, 0.05) is 18.4 Å². The molecule has 6 heteroatoms. The summed E-state index contributed by atoms with van der Waals surface area (Å²) in [5.41, 5.74) is 2.22. The van der Waals surface area contributed by atoms with Crippen molar-refractivity contribution in [1.29, 1.82) is 0 Å². The van der Waals surface area contributed by atoms with Crippen LogP contribution in [-0.2, 0) is 6.54 Å². The van der Waals surface area contributed by atoms with Gasteiger partial charge in [-0.2, -0.15) is 5.10 Å². The number of benzene rings is 1. The molecule has 0 spiro atoms. The predicted octanol–water partition coefficient (Wildman–Crippen LogP) is 3.08. The summed E-state index contributed by atoms with van der Waals surface area (Å²) >= 11 is 0. The first-order valence-electron chi connectivity index (χ1n) is 8.65. The van der Waals surface area contributed by atoms with Gasteiger partial charge in [0.25, 0.3) is 5.91 Å². The summed E-state index contributed by atoms with van der Waals surface area (Å²) < 4.78 is 6.88. The Hall–Kier alpha value is -3.15. The van der Waals surface area contributed by atoms with Gasteiger partial charge in [0.15, 0.2) is 5.69 Å². The molecular weight excluding hydrogens is 328 g/mol. The van der Waals surface area contributed by atoms with Crippen molar-refractivity contribution in [2.75, 3.05) is 7.11 Å². The third-order valence-corrected chi connectivity index (χ3v) is 4.45. The molecule has 3 aromatic rings. The molecule has 4 rings (SSSR count). The number of methoxy groups -OCH3 is 1. The first-order valence-corrected chi connectivity index (χ1v) is 8.65. The molecule has 2 aromatic heterocycles. The van der Waals surface area contributed by atoms with Crippen LogP contribution in [0, 0.1) is 0 Å². The van der Waals surface area contributed by atoms with Gasteiger partial charge in [-0.05, 0) is 55.3 Å². The molecule has 2 heterocycles. The monoisotopic (exact) mass is 348 g/mol. The average Bonchev–Trinajstić information content (AvgIpc) is 3.42. The third-order valence-electron chi connectivity index (χ3n) is 4.45. The number of hydrogen-bond acceptors (Lipinski definition) is 4. The lowest BCUT2D eigenvalue weighted by Crippen LogP contribution is -2.33. The Labute approximate surface area is 152 Å². The zero-order valence-corrected chi connectivity index (χ0v) is 14.6. The molecule has 0 unspecified atom stereocenters. The zero-order valence-electron chi connectivity index (χ0n) is 14.6. The molecule has 0 radical (unpaired) electrons. The van der Waals surface area contributed by atoms with Crippen LogP contribution in [0.1, 0.15) is 29.0 Å². The van der Waals surface area contributed by atoms with Gasteiger partial charge >= 0.3 is 0 Å². The van der Waals surface area contributed by atoms with Crippen molar-refractivity contribution in [3.05, 3.63) is 72.3 Å². The van der Waals surface area contributed by atoms with Gasteiger partial charge in [0.05, 0.1) is 25.0 Å². The Morgan fingerprint density at radius 3 is 2.65 bits per heavy atom. The molecule has 0 atom stereocenters. The minimum atomic E-state index is -0.0505. The van der Waals surface area contributed by atoms with E-state index in [9.17, 15) is 4.79 Å². The van der Waals surface area contributed by atoms with E-state index in [1.807, 2.05) is 47.4 Å². The van der Waals surface area contributed by atoms with Crippen molar-refractivity contribution in [2.45, 2.75) is 25.4 Å². The minimum absolute atomic E-state index is 0.0505. The Balaban J connectivity index is 1.54. The lowest BCUT2D eigenvalue weighted by Gasteiger charge is -2.21. The average molecular weight is 348 g/mol. The highest BCUT2D eigenvalue weighted by atomic mass is 16.5. The van der Waals surface area contributed by atoms with Crippen molar-refractivity contribution in [2.24, 2.45) is 0 Å². The van der Waals surface area contributed by atoms with Crippen LogP contribution in [0.4, 0.5) is 0 Å². The summed E-state index contributed by atoms with van der Waals surface area (Å²) in [4.78, 5) is 19.2. The molecule has 0 aliphatic heterocycles. The van der Waals surface area contributed by atoms with Crippen LogP contribution in [0.2, 0.25) is 0 Å². The second-order valence-corrected chi connectivity index (χ2v) is 6.33. The number of amides is 1. The number of nitrogens with zero attached hydrogens (tertiary/aromatic N) is 4. The highest BCUT2D eigenvalue weighted by Crippen LogP contribution is 2.29. The van der Waals surface area contributed by atoms with Crippen molar-refractivity contribution in [3.8, 4) is 11.4 Å². The van der Waals surface area contributed by atoms with Gasteiger partial charge in [-0.1, -0.05) is 6.07 Å². The quantitative estimate of drug-likeness (QED) is 0.687. The zero-order chi connectivity index (χ0) is 17.9. The van der Waals surface area contributed by atoms with Crippen molar-refractivity contribution in [1.82, 2.24) is 19.7 Å². The second kappa shape index (κ2) is 7.00. The van der Waals surface area contributed by atoms with E-state index in [4.69, 9.17) is 4.74 Å². The molecule has 26 heavy (non-hydrogen) atoms. The summed E-state index contributed by atoms with van der Waals surface area (Å²) in [6, 6.07) is 15.4. The molecule has 0 bridgehead atoms. The molecule has 1 fully saturated rings. The number of rotatable bonds is 6. The highest BCUT2D eigenvalue weighted by molar-refractivity contribution is 5.92. The maximum absolute atomic E-state index is 13.0. The normalized spacial score (nSPS) is 13.4. The summed E-state index contributed by atoms with van der Waals surface area (Å²) in [7, 11) is 1.63. The van der Waals surface area contributed by atoms with Gasteiger partial charge in [0.1, 0.15) is 5.75 Å². The van der Waals surface area contributed by atoms with Crippen LogP contribution < -0.4 is 4.74 Å². The van der Waals surface area contributed by atoms with Crippen molar-refractivity contribution < 1.29 is 9.53 Å². The Morgan fingerprint density at radius 1 is 1.19 bits per heavy atom. The van der Waals surface area contributed by atoms with Gasteiger partial charge in [-0.3, -0.25) is 9.78 Å². The smallest absolute Gasteiger partial charge is 0.274 e. The number of ether oxygens (including phenoxy) is 1. The summed E-state index contributed by atoms with van der Waals surface area (Å²) in [5, 5.41) is 4.47. The predicted molar refractivity (Wildman–Crippen MR) is 97.2 cm³/mol. The van der Waals surface area contributed by atoms with Gasteiger partial charge in [-0.25, -0.2) is 4.68 Å². The number of pyridine rings is 1. The lowest BCUT2D eigenvalue weighted by atomic mass is 10.3. The maximum Gasteiger partial charge on any atom is 0.274 e. The molecule has 1 aliphatic carbocycles. The number of aromatic nitrogens is 3. The first kappa shape index (κ1) is 16.3. The summed E-state index contributed by atoms with van der Waals surface area (Å²) in [6.45, 7) is 0.514. The van der Waals surface area contributed by atoms with Crippen molar-refractivity contribution >= 4 is 5.91 Å². The van der Waals surface area contributed by atoms with E-state index in [1.165, 1.54) is 0 Å². The van der Waals surface area contributed by atoms with Crippen LogP contribution in [0.3, 0.4) is 0 Å². The van der Waals surface area contributed by atoms with E-state index in [0.717, 1.165) is 30.0 Å². The van der Waals surface area contributed by atoms with E-state index in [0.29, 0.717) is 12.2 Å². The van der Waals surface area contributed by atoms with Crippen LogP contribution in [0.15, 0.2) is 60.9 Å². The highest BCUT2D eigenvalue weighted by Gasteiger charge is 2.34. The molecule has 6 nitrogen and oxygen atoms in total. The van der Waals surface area contributed by atoms with Gasteiger partial charge in [-0.15, -0.1) is 0 Å². The second-order valence-electron chi connectivity index (χ2n) is 6.33. The van der Waals surface area contributed by atoms with Crippen LogP contribution >= 0.6 is 0 Å². The molecule has 0 N–H and O–H groups in total. The Bertz CT molecular complexity index is 886. The lowest BCUT2D eigenvalue weighted by molar-refractivity contribution is 0.0721. The molecule has 1 amide bonds. The van der Waals surface area contributed by atoms with Crippen LogP contribution in [0.5, 0.6) is 5.75 Å². The van der Waals surface area contributed by atoms with Crippen molar-refractivity contribution in [3.63, 3.8) is 0 Å². The van der Waals surface area contributed by atoms with Crippen LogP contribution in [-0.4, -0.2) is 38.7 Å². The van der Waals surface area contributed by atoms with E-state index in [-0.39, 0.29) is 11.9 Å². The standard InChI is InChI=1S/C20H20N4O2/c1-26-18-9-7-17(8-10-18)24-13-11-19(22-24)20(25)23(16-5-6-16)14-15-4-2-3-12-21-15/h2-4,7-13,16H,5-6,14H2,1H3. The SMILES string of the molecule is COc1ccc(-n2ccc(C(=O)N(Cc3ccccn3)C3CC3)n2)cc1. The topological polar surface area (TPSA) is 60.2 Å². The molecule has 1 saturated carbocycles.